The Balaban J connectivity index is 1.57. The number of rotatable bonds is 5. The first kappa shape index (κ1) is 25.2. The van der Waals surface area contributed by atoms with Gasteiger partial charge in [-0.2, -0.15) is 0 Å². The monoisotopic (exact) mass is 502 g/mol. The fraction of sp³-hybridized carbons (Fsp3) is 0.520. The zero-order valence-electron chi connectivity index (χ0n) is 20.2. The smallest absolute Gasteiger partial charge is 0.409 e. The highest BCUT2D eigenvalue weighted by Gasteiger charge is 2.32. The topological polar surface area (TPSA) is 99.3 Å². The van der Waals surface area contributed by atoms with Crippen LogP contribution >= 0.6 is 0 Å². The van der Waals surface area contributed by atoms with Crippen LogP contribution in [-0.4, -0.2) is 75.2 Å². The second kappa shape index (κ2) is 11.3. The number of benzene rings is 2. The van der Waals surface area contributed by atoms with Gasteiger partial charge in [-0.1, -0.05) is 43.2 Å². The highest BCUT2D eigenvalue weighted by atomic mass is 32.2. The molecule has 2 fully saturated rings. The Bertz CT molecular complexity index is 1150. The minimum Gasteiger partial charge on any atom is -0.453 e. The molecule has 2 saturated heterocycles. The van der Waals surface area contributed by atoms with Crippen LogP contribution in [0.1, 0.15) is 38.5 Å². The van der Waals surface area contributed by atoms with E-state index >= 15 is 0 Å². The van der Waals surface area contributed by atoms with Crippen LogP contribution in [0.5, 0.6) is 0 Å². The molecule has 4 rings (SSSR count). The Morgan fingerprint density at radius 3 is 2.37 bits per heavy atom. The molecule has 1 N–H and O–H groups in total. The maximum atomic E-state index is 13.5. The second-order valence-corrected chi connectivity index (χ2v) is 11.0. The van der Waals surface area contributed by atoms with E-state index in [1.54, 1.807) is 28.0 Å². The molecule has 1 unspecified atom stereocenters. The molecule has 35 heavy (non-hydrogen) atoms. The lowest BCUT2D eigenvalue weighted by atomic mass is 9.98. The Kier molecular flexibility index (Phi) is 8.12. The van der Waals surface area contributed by atoms with Crippen molar-refractivity contribution in [3.63, 3.8) is 0 Å². The molecular weight excluding hydrogens is 468 g/mol. The van der Waals surface area contributed by atoms with Crippen LogP contribution in [0.2, 0.25) is 0 Å². The number of nitrogens with one attached hydrogen (secondary N) is 1. The number of fused-ring (bicyclic) bond motifs is 1. The molecule has 3 amide bonds. The van der Waals surface area contributed by atoms with Gasteiger partial charge in [0.05, 0.1) is 12.0 Å². The van der Waals surface area contributed by atoms with Crippen LogP contribution in [0, 0.1) is 5.92 Å². The van der Waals surface area contributed by atoms with E-state index in [-0.39, 0.29) is 23.4 Å². The van der Waals surface area contributed by atoms with E-state index in [0.29, 0.717) is 26.2 Å². The van der Waals surface area contributed by atoms with Crippen LogP contribution in [-0.2, 0) is 14.8 Å². The van der Waals surface area contributed by atoms with E-state index in [0.717, 1.165) is 49.3 Å². The molecule has 1 atom stereocenters. The summed E-state index contributed by atoms with van der Waals surface area (Å²) in [5, 5.41) is 2.98. The molecule has 2 aliphatic rings. The van der Waals surface area contributed by atoms with Crippen molar-refractivity contribution >= 4 is 32.9 Å². The number of ether oxygens (including phenoxy) is 1. The third-order valence-corrected chi connectivity index (χ3v) is 8.10. The van der Waals surface area contributed by atoms with Crippen molar-refractivity contribution in [2.75, 3.05) is 39.8 Å². The average Bonchev–Trinajstić information content (AvgIpc) is 3.17. The first-order valence-electron chi connectivity index (χ1n) is 12.3. The molecule has 0 radical (unpaired) electrons. The quantitative estimate of drug-likeness (QED) is 0.627. The maximum absolute atomic E-state index is 13.5. The molecule has 2 aliphatic heterocycles. The minimum absolute atomic E-state index is 0.0712. The highest BCUT2D eigenvalue weighted by Crippen LogP contribution is 2.22. The molecule has 190 valence electrons. The van der Waals surface area contributed by atoms with Crippen molar-refractivity contribution in [2.24, 2.45) is 5.92 Å². The summed E-state index contributed by atoms with van der Waals surface area (Å²) in [5.41, 5.74) is 0. The largest absolute Gasteiger partial charge is 0.453 e. The van der Waals surface area contributed by atoms with E-state index in [9.17, 15) is 18.0 Å². The Labute approximate surface area is 207 Å². The highest BCUT2D eigenvalue weighted by molar-refractivity contribution is 7.89. The van der Waals surface area contributed by atoms with Crippen molar-refractivity contribution in [2.45, 2.75) is 43.4 Å². The van der Waals surface area contributed by atoms with Gasteiger partial charge in [0.25, 0.3) is 10.0 Å². The number of methoxy groups -OCH3 is 1. The molecule has 0 aromatic heterocycles. The zero-order valence-corrected chi connectivity index (χ0v) is 21.0. The lowest BCUT2D eigenvalue weighted by Crippen LogP contribution is -2.55. The number of hydrogen-bond acceptors (Lipinski definition) is 5. The van der Waals surface area contributed by atoms with Crippen molar-refractivity contribution < 1.29 is 22.7 Å². The van der Waals surface area contributed by atoms with E-state index in [1.165, 1.54) is 12.1 Å². The average molecular weight is 503 g/mol. The third kappa shape index (κ3) is 6.24. The number of piperidine rings is 1. The van der Waals surface area contributed by atoms with Gasteiger partial charge in [-0.15, -0.1) is 4.83 Å². The summed E-state index contributed by atoms with van der Waals surface area (Å²) in [6.45, 7) is 2.38. The number of likely N-dealkylation sites (tertiary alicyclic amines) is 2. The van der Waals surface area contributed by atoms with Gasteiger partial charge in [0, 0.05) is 32.7 Å². The van der Waals surface area contributed by atoms with Gasteiger partial charge >= 0.3 is 12.1 Å². The first-order chi connectivity index (χ1) is 16.9. The van der Waals surface area contributed by atoms with Gasteiger partial charge in [0.2, 0.25) is 0 Å². The molecule has 9 nitrogen and oxygen atoms in total. The summed E-state index contributed by atoms with van der Waals surface area (Å²) in [6.07, 6.45) is 5.06. The number of nitrogens with zero attached hydrogens (tertiary/aromatic N) is 3. The van der Waals surface area contributed by atoms with E-state index in [1.807, 2.05) is 24.3 Å². The normalized spacial score (nSPS) is 19.3. The number of sulfonamides is 1. The van der Waals surface area contributed by atoms with Crippen molar-refractivity contribution in [1.29, 1.82) is 0 Å². The molecule has 0 saturated carbocycles. The molecule has 0 aliphatic carbocycles. The predicted molar refractivity (Wildman–Crippen MR) is 133 cm³/mol. The van der Waals surface area contributed by atoms with E-state index in [2.05, 4.69) is 4.83 Å². The first-order valence-corrected chi connectivity index (χ1v) is 13.8. The minimum atomic E-state index is -4.01. The fourth-order valence-electron chi connectivity index (χ4n) is 4.89. The van der Waals surface area contributed by atoms with Crippen LogP contribution in [0.15, 0.2) is 47.4 Å². The lowest BCUT2D eigenvalue weighted by Gasteiger charge is -2.36. The summed E-state index contributed by atoms with van der Waals surface area (Å²) in [5.74, 6) is -0.0712. The van der Waals surface area contributed by atoms with E-state index < -0.39 is 16.1 Å². The van der Waals surface area contributed by atoms with Crippen LogP contribution in [0.25, 0.3) is 10.8 Å². The molecule has 0 spiro atoms. The number of carbonyl (C=O) groups excluding carboxylic acids is 2. The van der Waals surface area contributed by atoms with E-state index in [4.69, 9.17) is 4.74 Å². The summed E-state index contributed by atoms with van der Waals surface area (Å²) in [4.78, 5) is 31.6. The Hall–Kier alpha value is -2.85. The Morgan fingerprint density at radius 1 is 0.971 bits per heavy atom. The lowest BCUT2D eigenvalue weighted by molar-refractivity contribution is 0.0875. The van der Waals surface area contributed by atoms with Crippen LogP contribution in [0.4, 0.5) is 9.59 Å². The van der Waals surface area contributed by atoms with Crippen molar-refractivity contribution in [3.8, 4) is 0 Å². The van der Waals surface area contributed by atoms with Crippen LogP contribution in [0.3, 0.4) is 0 Å². The molecule has 2 heterocycles. The molecule has 2 aromatic rings. The van der Waals surface area contributed by atoms with Crippen molar-refractivity contribution in [3.05, 3.63) is 42.5 Å². The molecule has 0 bridgehead atoms. The molecular formula is C25H34N4O5S. The molecule has 10 heteroatoms. The molecule has 2 aromatic carbocycles. The number of hydrogen-bond donors (Lipinski definition) is 1. The van der Waals surface area contributed by atoms with Gasteiger partial charge in [-0.25, -0.2) is 23.0 Å². The van der Waals surface area contributed by atoms with Gasteiger partial charge in [0.15, 0.2) is 0 Å². The zero-order chi connectivity index (χ0) is 24.8. The standard InChI is InChI=1S/C25H34N4O5S/c1-34-25(31)28-16-8-9-20(18-28)19-29(24(30)27-14-6-2-3-7-15-27)26-35(32,33)23-13-12-21-10-4-5-11-22(21)17-23/h4-5,10-13,17,20,26H,2-3,6-9,14-16,18-19H2,1H3. The van der Waals surface area contributed by atoms with Gasteiger partial charge in [-0.3, -0.25) is 0 Å². The fourth-order valence-corrected chi connectivity index (χ4v) is 5.96. The number of carbonyl (C=O) groups is 2. The number of urea groups is 1. The summed E-state index contributed by atoms with van der Waals surface area (Å²) >= 11 is 0. The van der Waals surface area contributed by atoms with Crippen molar-refractivity contribution in [1.82, 2.24) is 19.6 Å². The SMILES string of the molecule is COC(=O)N1CCCC(CN(NS(=O)(=O)c2ccc3ccccc3c2)C(=O)N2CCCCCC2)C1. The van der Waals surface area contributed by atoms with Gasteiger partial charge in [-0.05, 0) is 54.5 Å². The summed E-state index contributed by atoms with van der Waals surface area (Å²) < 4.78 is 31.6. The Morgan fingerprint density at radius 2 is 1.66 bits per heavy atom. The number of amides is 3. The van der Waals surface area contributed by atoms with Crippen LogP contribution < -0.4 is 4.83 Å². The summed E-state index contributed by atoms with van der Waals surface area (Å²) in [7, 11) is -2.66. The summed E-state index contributed by atoms with van der Waals surface area (Å²) in [6, 6.07) is 12.1. The van der Waals surface area contributed by atoms with Gasteiger partial charge < -0.3 is 14.5 Å². The number of hydrazine groups is 1. The second-order valence-electron chi connectivity index (χ2n) is 9.32. The van der Waals surface area contributed by atoms with Gasteiger partial charge in [0.1, 0.15) is 0 Å². The third-order valence-electron chi connectivity index (χ3n) is 6.76. The maximum Gasteiger partial charge on any atom is 0.409 e. The predicted octanol–water partition coefficient (Wildman–Crippen LogP) is 3.81.